The highest BCUT2D eigenvalue weighted by molar-refractivity contribution is 5.63. The quantitative estimate of drug-likeness (QED) is 0.548. The van der Waals surface area contributed by atoms with Gasteiger partial charge in [-0.05, 0) is 48.5 Å². The smallest absolute Gasteiger partial charge is 0.334 e. The van der Waals surface area contributed by atoms with E-state index in [-0.39, 0.29) is 23.4 Å². The Morgan fingerprint density at radius 2 is 1.48 bits per heavy atom. The van der Waals surface area contributed by atoms with Gasteiger partial charge < -0.3 is 4.52 Å². The molecule has 0 aliphatic rings. The van der Waals surface area contributed by atoms with Crippen molar-refractivity contribution in [2.75, 3.05) is 0 Å². The molecule has 134 valence electrons. The molecule has 0 radical (unpaired) electrons. The molecule has 0 aliphatic heterocycles. The van der Waals surface area contributed by atoms with E-state index in [1.54, 1.807) is 0 Å². The summed E-state index contributed by atoms with van der Waals surface area (Å²) < 4.78 is 36.9. The first-order valence-corrected chi connectivity index (χ1v) is 7.72. The number of hydrogen-bond donors (Lipinski definition) is 0. The van der Waals surface area contributed by atoms with E-state index in [0.717, 1.165) is 4.57 Å². The summed E-state index contributed by atoms with van der Waals surface area (Å²) in [7, 11) is 0. The van der Waals surface area contributed by atoms with Gasteiger partial charge in [-0.2, -0.15) is 4.98 Å². The lowest BCUT2D eigenvalue weighted by Crippen LogP contribution is -2.09. The van der Waals surface area contributed by atoms with Crippen LogP contribution >= 0.6 is 0 Å². The molecule has 0 atom stereocenters. The number of benzene rings is 2. The van der Waals surface area contributed by atoms with Gasteiger partial charge in [0.2, 0.25) is 5.82 Å². The van der Waals surface area contributed by atoms with Crippen LogP contribution in [-0.4, -0.2) is 19.9 Å². The molecular weight excluding hydrogens is 358 g/mol. The first-order valence-electron chi connectivity index (χ1n) is 7.72. The summed E-state index contributed by atoms with van der Waals surface area (Å²) in [5.74, 6) is -0.940. The Hall–Kier alpha value is -3.88. The van der Waals surface area contributed by atoms with Crippen LogP contribution in [0.15, 0.2) is 62.4 Å². The lowest BCUT2D eigenvalue weighted by atomic mass is 10.2. The van der Waals surface area contributed by atoms with Crippen LogP contribution in [0.1, 0.15) is 5.89 Å². The van der Waals surface area contributed by atoms with Gasteiger partial charge in [0.1, 0.15) is 11.6 Å². The van der Waals surface area contributed by atoms with Crippen LogP contribution in [0.4, 0.5) is 8.78 Å². The highest BCUT2D eigenvalue weighted by atomic mass is 19.1. The fourth-order valence-corrected chi connectivity index (χ4v) is 2.34. The molecule has 0 unspecified atom stereocenters. The second-order valence-corrected chi connectivity index (χ2v) is 5.43. The Kier molecular flexibility index (Phi) is 4.17. The van der Waals surface area contributed by atoms with Crippen LogP contribution in [0.5, 0.6) is 0 Å². The topological polar surface area (TPSA) is 87.0 Å². The van der Waals surface area contributed by atoms with E-state index in [1.165, 1.54) is 60.8 Å². The van der Waals surface area contributed by atoms with Crippen molar-refractivity contribution in [1.82, 2.24) is 19.9 Å². The predicted octanol–water partition coefficient (Wildman–Crippen LogP) is 3.46. The summed E-state index contributed by atoms with van der Waals surface area (Å²) in [6, 6.07) is 11.0. The molecule has 9 heteroatoms. The fourth-order valence-electron chi connectivity index (χ4n) is 2.34. The highest BCUT2D eigenvalue weighted by Crippen LogP contribution is 2.18. The summed E-state index contributed by atoms with van der Waals surface area (Å²) in [5.41, 5.74) is 1.07. The van der Waals surface area contributed by atoms with Crippen molar-refractivity contribution in [3.8, 4) is 22.8 Å². The Labute approximate surface area is 150 Å². The third-order valence-corrected chi connectivity index (χ3v) is 3.65. The van der Waals surface area contributed by atoms with E-state index in [9.17, 15) is 13.6 Å². The molecule has 0 spiro atoms. The average molecular weight is 368 g/mol. The van der Waals surface area contributed by atoms with Crippen LogP contribution in [0, 0.1) is 11.6 Å². The molecular formula is C18H10F2N4O3. The molecule has 2 heterocycles. The van der Waals surface area contributed by atoms with E-state index in [0.29, 0.717) is 11.1 Å². The maximum Gasteiger partial charge on any atom is 0.446 e. The van der Waals surface area contributed by atoms with E-state index in [4.69, 9.17) is 4.52 Å². The molecule has 0 fully saturated rings. The minimum absolute atomic E-state index is 0.118. The van der Waals surface area contributed by atoms with E-state index >= 15 is 0 Å². The Morgan fingerprint density at radius 3 is 2.15 bits per heavy atom. The summed E-state index contributed by atoms with van der Waals surface area (Å²) in [6.45, 7) is 0. The lowest BCUT2D eigenvalue weighted by Gasteiger charge is -1.98. The van der Waals surface area contributed by atoms with E-state index in [2.05, 4.69) is 19.8 Å². The zero-order valence-corrected chi connectivity index (χ0v) is 13.5. The van der Waals surface area contributed by atoms with Gasteiger partial charge in [0.05, 0.1) is 0 Å². The highest BCUT2D eigenvalue weighted by Gasteiger charge is 2.12. The normalized spacial score (nSPS) is 11.3. The second kappa shape index (κ2) is 6.79. The number of aromatic nitrogens is 4. The SMILES string of the molecule is O=c1onc(-c2ccc(F)cc2)n1C=Cc1nc(-c2ccc(F)cc2)no1. The van der Waals surface area contributed by atoms with E-state index in [1.807, 2.05) is 0 Å². The van der Waals surface area contributed by atoms with Crippen LogP contribution in [0.2, 0.25) is 0 Å². The third kappa shape index (κ3) is 3.43. The van der Waals surface area contributed by atoms with Gasteiger partial charge in [0.25, 0.3) is 5.89 Å². The maximum atomic E-state index is 13.1. The molecule has 4 aromatic rings. The molecule has 0 N–H and O–H groups in total. The number of rotatable bonds is 4. The fraction of sp³-hybridized carbons (Fsp3) is 0. The second-order valence-electron chi connectivity index (χ2n) is 5.43. The summed E-state index contributed by atoms with van der Waals surface area (Å²) in [4.78, 5) is 16.0. The van der Waals surface area contributed by atoms with Crippen molar-refractivity contribution in [1.29, 1.82) is 0 Å². The van der Waals surface area contributed by atoms with E-state index < -0.39 is 11.6 Å². The summed E-state index contributed by atoms with van der Waals surface area (Å²) in [5, 5.41) is 7.49. The first kappa shape index (κ1) is 16.6. The summed E-state index contributed by atoms with van der Waals surface area (Å²) in [6.07, 6.45) is 2.74. The predicted molar refractivity (Wildman–Crippen MR) is 91.1 cm³/mol. The summed E-state index contributed by atoms with van der Waals surface area (Å²) >= 11 is 0. The molecule has 0 saturated heterocycles. The van der Waals surface area contributed by atoms with Gasteiger partial charge >= 0.3 is 5.76 Å². The van der Waals surface area contributed by atoms with Crippen molar-refractivity contribution < 1.29 is 17.8 Å². The zero-order valence-electron chi connectivity index (χ0n) is 13.5. The van der Waals surface area contributed by atoms with Crippen molar-refractivity contribution in [3.05, 3.63) is 76.6 Å². The zero-order chi connectivity index (χ0) is 18.8. The van der Waals surface area contributed by atoms with Gasteiger partial charge in [0.15, 0.2) is 5.82 Å². The van der Waals surface area contributed by atoms with Crippen molar-refractivity contribution in [3.63, 3.8) is 0 Å². The molecule has 0 amide bonds. The largest absolute Gasteiger partial charge is 0.446 e. The van der Waals surface area contributed by atoms with Gasteiger partial charge in [-0.1, -0.05) is 10.3 Å². The van der Waals surface area contributed by atoms with Crippen LogP contribution in [0.25, 0.3) is 35.1 Å². The van der Waals surface area contributed by atoms with Crippen LogP contribution < -0.4 is 5.76 Å². The van der Waals surface area contributed by atoms with Crippen molar-refractivity contribution in [2.45, 2.75) is 0 Å². The molecule has 27 heavy (non-hydrogen) atoms. The molecule has 0 saturated carbocycles. The Morgan fingerprint density at radius 1 is 0.852 bits per heavy atom. The van der Waals surface area contributed by atoms with Gasteiger partial charge in [0, 0.05) is 23.4 Å². The monoisotopic (exact) mass is 368 g/mol. The lowest BCUT2D eigenvalue weighted by molar-refractivity contribution is 0.384. The Bertz CT molecular complexity index is 1160. The molecule has 7 nitrogen and oxygen atoms in total. The van der Waals surface area contributed by atoms with Crippen LogP contribution in [0.3, 0.4) is 0 Å². The first-order chi connectivity index (χ1) is 13.1. The van der Waals surface area contributed by atoms with Gasteiger partial charge in [-0.3, -0.25) is 4.52 Å². The minimum atomic E-state index is -0.733. The van der Waals surface area contributed by atoms with Crippen molar-refractivity contribution in [2.24, 2.45) is 0 Å². The van der Waals surface area contributed by atoms with Gasteiger partial charge in [-0.25, -0.2) is 18.1 Å². The Balaban J connectivity index is 1.62. The maximum absolute atomic E-state index is 13.1. The molecule has 4 rings (SSSR count). The average Bonchev–Trinajstić information content (AvgIpc) is 3.28. The minimum Gasteiger partial charge on any atom is -0.334 e. The molecule has 2 aromatic heterocycles. The van der Waals surface area contributed by atoms with Crippen molar-refractivity contribution >= 4 is 12.3 Å². The van der Waals surface area contributed by atoms with Gasteiger partial charge in [-0.15, -0.1) is 0 Å². The number of nitrogens with zero attached hydrogens (tertiary/aromatic N) is 4. The number of halogens is 2. The molecule has 0 aliphatic carbocycles. The molecule has 2 aromatic carbocycles. The number of hydrogen-bond acceptors (Lipinski definition) is 6. The molecule has 0 bridgehead atoms. The standard InChI is InChI=1S/C18H10F2N4O3/c19-13-5-1-11(2-6-13)16-21-15(26-22-16)9-10-24-17(23-27-18(24)25)12-3-7-14(20)8-4-12/h1-10H. The third-order valence-electron chi connectivity index (χ3n) is 3.65. The van der Waals surface area contributed by atoms with Crippen LogP contribution in [-0.2, 0) is 0 Å².